The molecule has 4 nitrogen and oxygen atoms in total. The quantitative estimate of drug-likeness (QED) is 0.768. The maximum Gasteiger partial charge on any atom is 0.234 e. The van der Waals surface area contributed by atoms with E-state index in [4.69, 9.17) is 4.74 Å². The fourth-order valence-electron chi connectivity index (χ4n) is 2.03. The number of hydrogen-bond donors (Lipinski definition) is 2. The van der Waals surface area contributed by atoms with Gasteiger partial charge in [0.15, 0.2) is 0 Å². The fourth-order valence-corrected chi connectivity index (χ4v) is 2.03. The summed E-state index contributed by atoms with van der Waals surface area (Å²) in [5.74, 6) is 0.895. The van der Waals surface area contributed by atoms with E-state index in [1.54, 1.807) is 7.11 Å². The molecule has 4 heteroatoms. The summed E-state index contributed by atoms with van der Waals surface area (Å²) < 4.78 is 5.13. The summed E-state index contributed by atoms with van der Waals surface area (Å²) in [4.78, 5) is 11.8. The maximum atomic E-state index is 11.8. The molecule has 0 aliphatic rings. The molecular formula is C16H26N2O2. The first-order valence-electron chi connectivity index (χ1n) is 7.27. The molecule has 0 spiro atoms. The average Bonchev–Trinajstić information content (AvgIpc) is 2.50. The molecule has 0 unspecified atom stereocenters. The van der Waals surface area contributed by atoms with Crippen molar-refractivity contribution in [3.05, 3.63) is 29.8 Å². The third kappa shape index (κ3) is 5.21. The van der Waals surface area contributed by atoms with Gasteiger partial charge in [-0.05, 0) is 37.5 Å². The van der Waals surface area contributed by atoms with Gasteiger partial charge in [-0.1, -0.05) is 26.0 Å². The van der Waals surface area contributed by atoms with Crippen LogP contribution in [0.5, 0.6) is 5.75 Å². The molecule has 1 atom stereocenters. The summed E-state index contributed by atoms with van der Waals surface area (Å²) in [6.45, 7) is 6.56. The molecule has 0 bridgehead atoms. The summed E-state index contributed by atoms with van der Waals surface area (Å²) >= 11 is 0. The van der Waals surface area contributed by atoms with Gasteiger partial charge in [0, 0.05) is 12.1 Å². The van der Waals surface area contributed by atoms with Crippen molar-refractivity contribution in [1.29, 1.82) is 0 Å². The third-order valence-corrected chi connectivity index (χ3v) is 3.54. The van der Waals surface area contributed by atoms with E-state index >= 15 is 0 Å². The van der Waals surface area contributed by atoms with E-state index in [-0.39, 0.29) is 18.0 Å². The van der Waals surface area contributed by atoms with E-state index in [0.29, 0.717) is 6.54 Å². The second-order valence-electron chi connectivity index (χ2n) is 4.96. The van der Waals surface area contributed by atoms with Crippen molar-refractivity contribution >= 4 is 5.91 Å². The Bertz CT molecular complexity index is 399. The van der Waals surface area contributed by atoms with E-state index in [1.165, 1.54) is 0 Å². The van der Waals surface area contributed by atoms with Crippen LogP contribution in [-0.4, -0.2) is 25.6 Å². The van der Waals surface area contributed by atoms with Crippen LogP contribution in [0.4, 0.5) is 0 Å². The molecule has 112 valence electrons. The van der Waals surface area contributed by atoms with Gasteiger partial charge in [0.25, 0.3) is 0 Å². The van der Waals surface area contributed by atoms with Crippen molar-refractivity contribution in [3.8, 4) is 5.75 Å². The van der Waals surface area contributed by atoms with Crippen LogP contribution in [-0.2, 0) is 4.79 Å². The molecule has 0 aliphatic heterocycles. The molecule has 1 aromatic rings. The van der Waals surface area contributed by atoms with Crippen molar-refractivity contribution in [2.75, 3.05) is 13.7 Å². The first-order valence-corrected chi connectivity index (χ1v) is 7.27. The van der Waals surface area contributed by atoms with Gasteiger partial charge in [-0.3, -0.25) is 4.79 Å². The Balaban J connectivity index is 2.41. The van der Waals surface area contributed by atoms with Crippen LogP contribution in [0, 0.1) is 0 Å². The molecule has 0 heterocycles. The van der Waals surface area contributed by atoms with Crippen LogP contribution in [0.3, 0.4) is 0 Å². The first kappa shape index (κ1) is 16.5. The Kier molecular flexibility index (Phi) is 7.09. The number of carbonyl (C=O) groups excluding carboxylic acids is 1. The fraction of sp³-hybridized carbons (Fsp3) is 0.562. The molecule has 0 saturated carbocycles. The summed E-state index contributed by atoms with van der Waals surface area (Å²) in [6.07, 6.45) is 1.94. The summed E-state index contributed by atoms with van der Waals surface area (Å²) in [7, 11) is 1.65. The van der Waals surface area contributed by atoms with Crippen molar-refractivity contribution in [3.63, 3.8) is 0 Å². The molecule has 0 radical (unpaired) electrons. The van der Waals surface area contributed by atoms with Crippen LogP contribution < -0.4 is 15.4 Å². The molecule has 0 fully saturated rings. The first-order chi connectivity index (χ1) is 9.60. The van der Waals surface area contributed by atoms with Gasteiger partial charge in [-0.2, -0.15) is 0 Å². The van der Waals surface area contributed by atoms with Crippen LogP contribution in [0.2, 0.25) is 0 Å². The lowest BCUT2D eigenvalue weighted by molar-refractivity contribution is -0.121. The summed E-state index contributed by atoms with van der Waals surface area (Å²) in [5.41, 5.74) is 1.14. The van der Waals surface area contributed by atoms with Crippen molar-refractivity contribution in [2.24, 2.45) is 0 Å². The lowest BCUT2D eigenvalue weighted by Gasteiger charge is -2.17. The molecule has 0 aliphatic carbocycles. The number of carbonyl (C=O) groups is 1. The third-order valence-electron chi connectivity index (χ3n) is 3.54. The van der Waals surface area contributed by atoms with E-state index in [1.807, 2.05) is 31.2 Å². The average molecular weight is 278 g/mol. The Hall–Kier alpha value is -1.55. The minimum absolute atomic E-state index is 0.0547. The largest absolute Gasteiger partial charge is 0.497 e. The number of hydrogen-bond acceptors (Lipinski definition) is 3. The molecular weight excluding hydrogens is 252 g/mol. The molecule has 0 saturated heterocycles. The van der Waals surface area contributed by atoms with E-state index < -0.39 is 0 Å². The molecule has 1 aromatic carbocycles. The normalized spacial score (nSPS) is 12.2. The minimum Gasteiger partial charge on any atom is -0.497 e. The zero-order valence-corrected chi connectivity index (χ0v) is 12.9. The second kappa shape index (κ2) is 8.59. The number of rotatable bonds is 8. The highest BCUT2D eigenvalue weighted by Crippen LogP contribution is 2.16. The Morgan fingerprint density at radius 1 is 1.20 bits per heavy atom. The standard InChI is InChI=1S/C16H26N2O2/c1-5-14(6-2)18-16(19)11-17-12(3)13-7-9-15(20-4)10-8-13/h7-10,12,14,17H,5-6,11H2,1-4H3,(H,18,19)/t12-/m0/s1. The topological polar surface area (TPSA) is 50.4 Å². The lowest BCUT2D eigenvalue weighted by Crippen LogP contribution is -2.40. The number of nitrogens with one attached hydrogen (secondary N) is 2. The molecule has 1 rings (SSSR count). The highest BCUT2D eigenvalue weighted by atomic mass is 16.5. The Morgan fingerprint density at radius 3 is 2.30 bits per heavy atom. The SMILES string of the molecule is CCC(CC)NC(=O)CN[C@@H](C)c1ccc(OC)cc1. The minimum atomic E-state index is 0.0547. The van der Waals surface area contributed by atoms with Crippen molar-refractivity contribution in [1.82, 2.24) is 10.6 Å². The van der Waals surface area contributed by atoms with E-state index in [2.05, 4.69) is 24.5 Å². The molecule has 0 aromatic heterocycles. The number of methoxy groups -OCH3 is 1. The predicted molar refractivity (Wildman–Crippen MR) is 81.9 cm³/mol. The van der Waals surface area contributed by atoms with Crippen molar-refractivity contribution < 1.29 is 9.53 Å². The van der Waals surface area contributed by atoms with E-state index in [0.717, 1.165) is 24.2 Å². The van der Waals surface area contributed by atoms with Crippen LogP contribution in [0.1, 0.15) is 45.2 Å². The number of benzene rings is 1. The van der Waals surface area contributed by atoms with E-state index in [9.17, 15) is 4.79 Å². The molecule has 1 amide bonds. The summed E-state index contributed by atoms with van der Waals surface area (Å²) in [5, 5.41) is 6.26. The van der Waals surface area contributed by atoms with Crippen LogP contribution >= 0.6 is 0 Å². The van der Waals surface area contributed by atoms with Gasteiger partial charge in [0.05, 0.1) is 13.7 Å². The predicted octanol–water partition coefficient (Wildman–Crippen LogP) is 2.65. The van der Waals surface area contributed by atoms with Gasteiger partial charge < -0.3 is 15.4 Å². The number of ether oxygens (including phenoxy) is 1. The second-order valence-corrected chi connectivity index (χ2v) is 4.96. The smallest absolute Gasteiger partial charge is 0.234 e. The number of amides is 1. The van der Waals surface area contributed by atoms with Gasteiger partial charge in [0.1, 0.15) is 5.75 Å². The summed E-state index contributed by atoms with van der Waals surface area (Å²) in [6, 6.07) is 8.29. The van der Waals surface area contributed by atoms with Crippen molar-refractivity contribution in [2.45, 2.75) is 45.7 Å². The molecule has 2 N–H and O–H groups in total. The van der Waals surface area contributed by atoms with Gasteiger partial charge in [-0.25, -0.2) is 0 Å². The highest BCUT2D eigenvalue weighted by molar-refractivity contribution is 5.78. The van der Waals surface area contributed by atoms with Gasteiger partial charge in [0.2, 0.25) is 5.91 Å². The Morgan fingerprint density at radius 2 is 1.80 bits per heavy atom. The van der Waals surface area contributed by atoms with Crippen LogP contribution in [0.25, 0.3) is 0 Å². The molecule has 20 heavy (non-hydrogen) atoms. The van der Waals surface area contributed by atoms with Crippen LogP contribution in [0.15, 0.2) is 24.3 Å². The Labute approximate surface area is 121 Å². The zero-order valence-electron chi connectivity index (χ0n) is 12.9. The van der Waals surface area contributed by atoms with Gasteiger partial charge in [-0.15, -0.1) is 0 Å². The zero-order chi connectivity index (χ0) is 15.0. The maximum absolute atomic E-state index is 11.8. The lowest BCUT2D eigenvalue weighted by atomic mass is 10.1. The monoisotopic (exact) mass is 278 g/mol. The highest BCUT2D eigenvalue weighted by Gasteiger charge is 2.10. The van der Waals surface area contributed by atoms with Gasteiger partial charge >= 0.3 is 0 Å².